The Morgan fingerprint density at radius 2 is 2.21 bits per heavy atom. The van der Waals surface area contributed by atoms with Crippen molar-refractivity contribution in [1.29, 1.82) is 0 Å². The molecule has 0 fully saturated rings. The molecule has 74 valence electrons. The van der Waals surface area contributed by atoms with Crippen molar-refractivity contribution < 1.29 is 14.8 Å². The Morgan fingerprint density at radius 1 is 1.57 bits per heavy atom. The van der Waals surface area contributed by atoms with E-state index in [0.29, 0.717) is 15.8 Å². The van der Waals surface area contributed by atoms with E-state index in [-0.39, 0.29) is 11.1 Å². The molecule has 0 heterocycles. The number of hydrogen-bond donors (Lipinski definition) is 1. The van der Waals surface area contributed by atoms with E-state index < -0.39 is 5.91 Å². The standard InChI is InChI=1S/C9H8BrNO3/c1-11(14)9(13)8-3-2-7(10)4-6(8)5-12/h2-5,14H,1H3. The zero-order valence-electron chi connectivity index (χ0n) is 7.40. The largest absolute Gasteiger partial charge is 0.298 e. The van der Waals surface area contributed by atoms with Gasteiger partial charge in [0, 0.05) is 17.1 Å². The molecular formula is C9H8BrNO3. The van der Waals surface area contributed by atoms with Gasteiger partial charge in [0.15, 0.2) is 6.29 Å². The molecule has 1 amide bonds. The van der Waals surface area contributed by atoms with Crippen LogP contribution in [0, 0.1) is 0 Å². The van der Waals surface area contributed by atoms with Crippen molar-refractivity contribution in [3.05, 3.63) is 33.8 Å². The highest BCUT2D eigenvalue weighted by molar-refractivity contribution is 9.10. The molecule has 0 aliphatic heterocycles. The fourth-order valence-corrected chi connectivity index (χ4v) is 1.38. The minimum absolute atomic E-state index is 0.174. The maximum Gasteiger partial charge on any atom is 0.277 e. The van der Waals surface area contributed by atoms with Gasteiger partial charge in [-0.25, -0.2) is 5.06 Å². The number of carbonyl (C=O) groups excluding carboxylic acids is 2. The molecule has 0 aliphatic rings. The third-order valence-electron chi connectivity index (χ3n) is 1.66. The Morgan fingerprint density at radius 3 is 2.71 bits per heavy atom. The zero-order chi connectivity index (χ0) is 10.7. The van der Waals surface area contributed by atoms with Crippen molar-refractivity contribution in [2.75, 3.05) is 7.05 Å². The van der Waals surface area contributed by atoms with Gasteiger partial charge in [-0.05, 0) is 18.2 Å². The van der Waals surface area contributed by atoms with E-state index >= 15 is 0 Å². The lowest BCUT2D eigenvalue weighted by Crippen LogP contribution is -2.23. The van der Waals surface area contributed by atoms with Crippen molar-refractivity contribution in [3.8, 4) is 0 Å². The summed E-state index contributed by atoms with van der Waals surface area (Å²) in [5.74, 6) is -0.611. The van der Waals surface area contributed by atoms with Gasteiger partial charge in [0.05, 0.1) is 5.56 Å². The summed E-state index contributed by atoms with van der Waals surface area (Å²) in [7, 11) is 1.21. The van der Waals surface area contributed by atoms with Crippen molar-refractivity contribution in [1.82, 2.24) is 5.06 Å². The fraction of sp³-hybridized carbons (Fsp3) is 0.111. The Hall–Kier alpha value is -1.20. The molecule has 5 heteroatoms. The van der Waals surface area contributed by atoms with Crippen LogP contribution >= 0.6 is 15.9 Å². The third kappa shape index (κ3) is 2.18. The molecule has 0 aromatic heterocycles. The van der Waals surface area contributed by atoms with Crippen molar-refractivity contribution >= 4 is 28.1 Å². The van der Waals surface area contributed by atoms with Crippen LogP contribution in [0.5, 0.6) is 0 Å². The molecule has 0 saturated carbocycles. The Balaban J connectivity index is 3.20. The Bertz CT molecular complexity index is 376. The van der Waals surface area contributed by atoms with Gasteiger partial charge in [0.1, 0.15) is 0 Å². The first-order valence-corrected chi connectivity index (χ1v) is 4.57. The number of aldehydes is 1. The average Bonchev–Trinajstić information content (AvgIpc) is 2.16. The van der Waals surface area contributed by atoms with Crippen LogP contribution < -0.4 is 0 Å². The monoisotopic (exact) mass is 257 g/mol. The highest BCUT2D eigenvalue weighted by Crippen LogP contribution is 2.16. The maximum absolute atomic E-state index is 11.3. The second-order valence-corrected chi connectivity index (χ2v) is 3.59. The fourth-order valence-electron chi connectivity index (χ4n) is 1.00. The first-order valence-electron chi connectivity index (χ1n) is 3.78. The molecule has 0 saturated heterocycles. The lowest BCUT2D eigenvalue weighted by Gasteiger charge is -2.09. The summed E-state index contributed by atoms with van der Waals surface area (Å²) in [6.45, 7) is 0. The molecule has 0 spiro atoms. The summed E-state index contributed by atoms with van der Waals surface area (Å²) in [4.78, 5) is 22.0. The van der Waals surface area contributed by atoms with E-state index in [2.05, 4.69) is 15.9 Å². The summed E-state index contributed by atoms with van der Waals surface area (Å²) >= 11 is 3.18. The number of rotatable bonds is 2. The number of hydroxylamine groups is 2. The molecule has 0 radical (unpaired) electrons. The number of benzene rings is 1. The van der Waals surface area contributed by atoms with Crippen LogP contribution in [0.2, 0.25) is 0 Å². The number of carbonyl (C=O) groups is 2. The van der Waals surface area contributed by atoms with E-state index in [1.165, 1.54) is 19.2 Å². The minimum Gasteiger partial charge on any atom is -0.298 e. The summed E-state index contributed by atoms with van der Waals surface area (Å²) in [6, 6.07) is 4.62. The highest BCUT2D eigenvalue weighted by atomic mass is 79.9. The summed E-state index contributed by atoms with van der Waals surface area (Å²) in [5.41, 5.74) is 0.415. The van der Waals surface area contributed by atoms with Gasteiger partial charge in [-0.2, -0.15) is 0 Å². The molecule has 0 bridgehead atoms. The molecule has 0 aliphatic carbocycles. The lowest BCUT2D eigenvalue weighted by molar-refractivity contribution is -0.0375. The van der Waals surface area contributed by atoms with Crippen LogP contribution in [0.25, 0.3) is 0 Å². The van der Waals surface area contributed by atoms with Crippen molar-refractivity contribution in [2.24, 2.45) is 0 Å². The summed E-state index contributed by atoms with van der Waals surface area (Å²) in [6.07, 6.45) is 0.571. The molecule has 1 rings (SSSR count). The lowest BCUT2D eigenvalue weighted by atomic mass is 10.1. The van der Waals surface area contributed by atoms with Crippen LogP contribution in [-0.2, 0) is 0 Å². The Labute approximate surface area is 89.2 Å². The van der Waals surface area contributed by atoms with E-state index in [0.717, 1.165) is 0 Å². The predicted molar refractivity (Wildman–Crippen MR) is 53.4 cm³/mol. The first kappa shape index (κ1) is 10.9. The van der Waals surface area contributed by atoms with Gasteiger partial charge < -0.3 is 0 Å². The van der Waals surface area contributed by atoms with Gasteiger partial charge in [-0.1, -0.05) is 15.9 Å². The molecule has 1 aromatic rings. The van der Waals surface area contributed by atoms with Gasteiger partial charge in [-0.3, -0.25) is 14.8 Å². The predicted octanol–water partition coefficient (Wildman–Crippen LogP) is 1.72. The number of nitrogens with zero attached hydrogens (tertiary/aromatic N) is 1. The van der Waals surface area contributed by atoms with Crippen LogP contribution in [0.3, 0.4) is 0 Å². The molecule has 1 aromatic carbocycles. The van der Waals surface area contributed by atoms with E-state index in [9.17, 15) is 9.59 Å². The molecular weight excluding hydrogens is 250 g/mol. The quantitative estimate of drug-likeness (QED) is 0.499. The van der Waals surface area contributed by atoms with Crippen LogP contribution in [0.4, 0.5) is 0 Å². The van der Waals surface area contributed by atoms with E-state index in [1.54, 1.807) is 6.07 Å². The van der Waals surface area contributed by atoms with E-state index in [4.69, 9.17) is 5.21 Å². The smallest absolute Gasteiger partial charge is 0.277 e. The van der Waals surface area contributed by atoms with Crippen LogP contribution in [0.1, 0.15) is 20.7 Å². The molecule has 4 nitrogen and oxygen atoms in total. The van der Waals surface area contributed by atoms with E-state index in [1.807, 2.05) is 0 Å². The maximum atomic E-state index is 11.3. The SMILES string of the molecule is CN(O)C(=O)c1ccc(Br)cc1C=O. The van der Waals surface area contributed by atoms with Crippen LogP contribution in [0.15, 0.2) is 22.7 Å². The number of hydrogen-bond acceptors (Lipinski definition) is 3. The Kier molecular flexibility index (Phi) is 3.38. The van der Waals surface area contributed by atoms with Gasteiger partial charge >= 0.3 is 0 Å². The van der Waals surface area contributed by atoms with Crippen molar-refractivity contribution in [3.63, 3.8) is 0 Å². The molecule has 0 unspecified atom stereocenters. The van der Waals surface area contributed by atoms with Crippen LogP contribution in [-0.4, -0.2) is 29.5 Å². The third-order valence-corrected chi connectivity index (χ3v) is 2.16. The molecule has 14 heavy (non-hydrogen) atoms. The zero-order valence-corrected chi connectivity index (χ0v) is 8.98. The normalized spacial score (nSPS) is 9.64. The van der Waals surface area contributed by atoms with Gasteiger partial charge in [0.2, 0.25) is 0 Å². The highest BCUT2D eigenvalue weighted by Gasteiger charge is 2.13. The topological polar surface area (TPSA) is 57.6 Å². The van der Waals surface area contributed by atoms with Crippen molar-refractivity contribution in [2.45, 2.75) is 0 Å². The second-order valence-electron chi connectivity index (χ2n) is 2.68. The second kappa shape index (κ2) is 4.34. The summed E-state index contributed by atoms with van der Waals surface area (Å²) in [5, 5.41) is 9.36. The number of amides is 1. The van der Waals surface area contributed by atoms with Gasteiger partial charge in [0.25, 0.3) is 5.91 Å². The summed E-state index contributed by atoms with van der Waals surface area (Å²) < 4.78 is 0.705. The van der Waals surface area contributed by atoms with Gasteiger partial charge in [-0.15, -0.1) is 0 Å². The average molecular weight is 258 g/mol. The number of halogens is 1. The molecule has 0 atom stereocenters. The minimum atomic E-state index is -0.611. The first-order chi connectivity index (χ1) is 6.56. The molecule has 1 N–H and O–H groups in total.